The minimum absolute atomic E-state index is 0.484. The first-order chi connectivity index (χ1) is 34.7. The molecule has 0 spiro atoms. The van der Waals surface area contributed by atoms with Crippen molar-refractivity contribution < 1.29 is 110 Å². The van der Waals surface area contributed by atoms with Gasteiger partial charge in [-0.15, -0.1) is 0 Å². The van der Waals surface area contributed by atoms with E-state index in [-0.39, 0.29) is 0 Å². The molecule has 380 valence electrons. The van der Waals surface area contributed by atoms with Crippen molar-refractivity contribution in [2.24, 2.45) is 0 Å². The highest BCUT2D eigenvalue weighted by atomic mass is 19.2. The second-order valence-electron chi connectivity index (χ2n) is 15.3. The highest BCUT2D eigenvalue weighted by molar-refractivity contribution is 7.06. The third kappa shape index (κ3) is 7.52. The molecule has 1 aliphatic heterocycles. The molecule has 0 N–H and O–H groups in total. The van der Waals surface area contributed by atoms with Crippen molar-refractivity contribution in [2.45, 2.75) is 0 Å². The van der Waals surface area contributed by atoms with E-state index in [9.17, 15) is 22.0 Å². The Morgan fingerprint density at radius 3 is 0.730 bits per heavy atom. The van der Waals surface area contributed by atoms with Crippen LogP contribution in [0.3, 0.4) is 0 Å². The first kappa shape index (κ1) is 52.4. The molecule has 1 heterocycles. The van der Waals surface area contributed by atoms with Gasteiger partial charge in [0.25, 0.3) is 6.71 Å². The van der Waals surface area contributed by atoms with Crippen molar-refractivity contribution in [2.75, 3.05) is 0 Å². The second kappa shape index (κ2) is 18.8. The molecule has 0 aliphatic carbocycles. The van der Waals surface area contributed by atoms with Gasteiger partial charge in [-0.2, -0.15) is 0 Å². The van der Waals surface area contributed by atoms with Crippen molar-refractivity contribution in [3.63, 3.8) is 0 Å². The quantitative estimate of drug-likeness (QED) is 0.0646. The lowest BCUT2D eigenvalue weighted by atomic mass is 9.32. The molecule has 0 atom stereocenters. The van der Waals surface area contributed by atoms with E-state index in [2.05, 4.69) is 0 Å². The van der Waals surface area contributed by atoms with E-state index in [0.717, 1.165) is 36.4 Å². The zero-order valence-corrected chi connectivity index (χ0v) is 34.8. The topological polar surface area (TPSA) is 0 Å². The SMILES string of the molecule is Fc1c(F)c(F)c(B2C(c3ccccc3)=C(c3ccccc3)C(c3c(F)c(F)c(F)c(F)c3F)=C(c3c(F)c(F)c(F)c(F)c3F)C(c3c(F)c(F)c(F)c(F)c3F)=C2c2c(F)c(F)c(F)c(F)c2F)c(F)c1F. The molecule has 0 bridgehead atoms. The smallest absolute Gasteiger partial charge is 0.204 e. The van der Waals surface area contributed by atoms with Gasteiger partial charge in [0.05, 0.1) is 16.7 Å². The van der Waals surface area contributed by atoms with Gasteiger partial charge >= 0.3 is 0 Å². The monoisotopic (exact) mass is 1070 g/mol. The summed E-state index contributed by atoms with van der Waals surface area (Å²) in [7, 11) is 0. The molecular weight excluding hydrogens is 1060 g/mol. The lowest BCUT2D eigenvalue weighted by molar-refractivity contribution is 0.374. The molecule has 0 saturated carbocycles. The van der Waals surface area contributed by atoms with Gasteiger partial charge < -0.3 is 0 Å². The molecule has 0 unspecified atom stereocenters. The van der Waals surface area contributed by atoms with Gasteiger partial charge in [-0.1, -0.05) is 66.1 Å². The maximum absolute atomic E-state index is 16.9. The number of benzene rings is 7. The van der Waals surface area contributed by atoms with Crippen molar-refractivity contribution in [1.29, 1.82) is 0 Å². The number of allylic oxidation sites excluding steroid dienone is 4. The largest absolute Gasteiger partial charge is 0.252 e. The van der Waals surface area contributed by atoms with E-state index < -0.39 is 224 Å². The molecule has 0 fully saturated rings. The number of hydrogen-bond acceptors (Lipinski definition) is 0. The maximum Gasteiger partial charge on any atom is 0.252 e. The average molecular weight is 1070 g/mol. The van der Waals surface area contributed by atoms with E-state index in [4.69, 9.17) is 0 Å². The average Bonchev–Trinajstić information content (AvgIpc) is 3.51. The van der Waals surface area contributed by atoms with Crippen molar-refractivity contribution >= 4 is 45.4 Å². The summed E-state index contributed by atoms with van der Waals surface area (Å²) in [5.41, 5.74) is -33.9. The van der Waals surface area contributed by atoms with Crippen molar-refractivity contribution in [3.8, 4) is 0 Å². The molecule has 0 amide bonds. The number of halogens is 25. The Bertz CT molecular complexity index is 3570. The van der Waals surface area contributed by atoms with E-state index in [1.54, 1.807) is 0 Å². The summed E-state index contributed by atoms with van der Waals surface area (Å²) in [6, 6.07) is 6.71. The molecular formula is C48H10BF25. The van der Waals surface area contributed by atoms with Crippen molar-refractivity contribution in [3.05, 3.63) is 239 Å². The Hall–Kier alpha value is -7.93. The van der Waals surface area contributed by atoms with Gasteiger partial charge in [-0.05, 0) is 27.7 Å². The fourth-order valence-electron chi connectivity index (χ4n) is 8.29. The second-order valence-corrected chi connectivity index (χ2v) is 15.3. The van der Waals surface area contributed by atoms with Crippen LogP contribution in [-0.4, -0.2) is 6.71 Å². The third-order valence-electron chi connectivity index (χ3n) is 11.4. The lowest BCUT2D eigenvalue weighted by Gasteiger charge is -2.28. The molecule has 7 aromatic rings. The molecule has 7 aromatic carbocycles. The summed E-state index contributed by atoms with van der Waals surface area (Å²) in [4.78, 5) is 0. The number of hydrogen-bond donors (Lipinski definition) is 0. The van der Waals surface area contributed by atoms with Crippen LogP contribution in [0.25, 0.3) is 33.2 Å². The first-order valence-corrected chi connectivity index (χ1v) is 19.7. The van der Waals surface area contributed by atoms with Crippen LogP contribution in [-0.2, 0) is 0 Å². The standard InChI is InChI=1S/C48H10BF25/c50-24-17(25(51)35(61)44(70)34(24)60)14-13(11-7-3-1-4-8-11)21(12-9-5-2-6-10-12)49(23-32(58)42(68)48(74)43(69)33(23)59)22(20-30(56)40(66)47(73)41(67)31(20)57)16(19-28(54)38(64)46(72)39(65)29(19)55)15(14)18-26(52)36(62)45(71)37(63)27(18)53/h1-10H. The fraction of sp³-hybridized carbons (Fsp3) is 0. The van der Waals surface area contributed by atoms with Gasteiger partial charge in [-0.3, -0.25) is 0 Å². The minimum atomic E-state index is -4.23. The van der Waals surface area contributed by atoms with E-state index in [1.165, 1.54) is 0 Å². The van der Waals surface area contributed by atoms with Crippen molar-refractivity contribution in [1.82, 2.24) is 0 Å². The summed E-state index contributed by atoms with van der Waals surface area (Å²) in [6.07, 6.45) is 0. The normalized spacial score (nSPS) is 13.3. The molecule has 0 nitrogen and oxygen atoms in total. The van der Waals surface area contributed by atoms with Crippen LogP contribution in [0.4, 0.5) is 110 Å². The Balaban J connectivity index is 2.00. The van der Waals surface area contributed by atoms with Gasteiger partial charge in [0.1, 0.15) is 0 Å². The lowest BCUT2D eigenvalue weighted by Crippen LogP contribution is -2.42. The molecule has 26 heteroatoms. The summed E-state index contributed by atoms with van der Waals surface area (Å²) in [6.45, 7) is -4.23. The van der Waals surface area contributed by atoms with E-state index >= 15 is 87.8 Å². The number of rotatable bonds is 7. The minimum Gasteiger partial charge on any atom is -0.204 e. The fourth-order valence-corrected chi connectivity index (χ4v) is 8.29. The molecule has 1 aliphatic rings. The highest BCUT2D eigenvalue weighted by Crippen LogP contribution is 2.57. The van der Waals surface area contributed by atoms with Crippen LogP contribution in [0.5, 0.6) is 0 Å². The first-order valence-electron chi connectivity index (χ1n) is 19.7. The van der Waals surface area contributed by atoms with Crippen LogP contribution in [0.2, 0.25) is 0 Å². The maximum atomic E-state index is 16.9. The zero-order chi connectivity index (χ0) is 54.6. The summed E-state index contributed by atoms with van der Waals surface area (Å²) >= 11 is 0. The van der Waals surface area contributed by atoms with Crippen LogP contribution < -0.4 is 5.46 Å². The molecule has 74 heavy (non-hydrogen) atoms. The Kier molecular flexibility index (Phi) is 13.3. The summed E-state index contributed by atoms with van der Waals surface area (Å²) in [5.74, 6) is -85.1. The predicted octanol–water partition coefficient (Wildman–Crippen LogP) is 14.8. The van der Waals surface area contributed by atoms with Crippen LogP contribution in [0.1, 0.15) is 33.4 Å². The Morgan fingerprint density at radius 1 is 0.189 bits per heavy atom. The molecule has 8 rings (SSSR count). The highest BCUT2D eigenvalue weighted by Gasteiger charge is 2.50. The third-order valence-corrected chi connectivity index (χ3v) is 11.4. The van der Waals surface area contributed by atoms with Gasteiger partial charge in [-0.25, -0.2) is 110 Å². The van der Waals surface area contributed by atoms with Gasteiger partial charge in [0, 0.05) is 22.2 Å². The van der Waals surface area contributed by atoms with Gasteiger partial charge in [0.15, 0.2) is 122 Å². The zero-order valence-electron chi connectivity index (χ0n) is 34.8. The van der Waals surface area contributed by atoms with Crippen LogP contribution >= 0.6 is 0 Å². The molecule has 0 saturated heterocycles. The Morgan fingerprint density at radius 2 is 0.419 bits per heavy atom. The molecule has 0 radical (unpaired) electrons. The summed E-state index contributed by atoms with van der Waals surface area (Å²) in [5, 5.41) is 0. The van der Waals surface area contributed by atoms with E-state index in [0.29, 0.717) is 24.3 Å². The van der Waals surface area contributed by atoms with Crippen LogP contribution in [0.15, 0.2) is 60.7 Å². The Labute approximate surface area is 394 Å². The molecule has 0 aromatic heterocycles. The van der Waals surface area contributed by atoms with Crippen LogP contribution in [0, 0.1) is 145 Å². The predicted molar refractivity (Wildman–Crippen MR) is 210 cm³/mol. The summed E-state index contributed by atoms with van der Waals surface area (Å²) < 4.78 is 401. The van der Waals surface area contributed by atoms with E-state index in [1.807, 2.05) is 0 Å². The van der Waals surface area contributed by atoms with Gasteiger partial charge in [0.2, 0.25) is 23.3 Å².